The van der Waals surface area contributed by atoms with Gasteiger partial charge in [0.2, 0.25) is 0 Å². The first-order chi connectivity index (χ1) is 8.54. The number of hydrogen-bond donors (Lipinski definition) is 1. The van der Waals surface area contributed by atoms with Crippen LogP contribution in [0.2, 0.25) is 0 Å². The Morgan fingerprint density at radius 1 is 1.39 bits per heavy atom. The molecule has 0 fully saturated rings. The van der Waals surface area contributed by atoms with E-state index in [0.29, 0.717) is 12.2 Å². The molecule has 0 saturated carbocycles. The van der Waals surface area contributed by atoms with Gasteiger partial charge in [-0.2, -0.15) is 11.8 Å². The zero-order valence-electron chi connectivity index (χ0n) is 9.89. The highest BCUT2D eigenvalue weighted by molar-refractivity contribution is 7.98. The molecule has 1 unspecified atom stereocenters. The summed E-state index contributed by atoms with van der Waals surface area (Å²) in [4.78, 5) is 22.8. The lowest BCUT2D eigenvalue weighted by atomic mass is 10.2. The van der Waals surface area contributed by atoms with Crippen LogP contribution in [0.1, 0.15) is 16.8 Å². The van der Waals surface area contributed by atoms with Crippen LogP contribution in [0.15, 0.2) is 24.3 Å². The summed E-state index contributed by atoms with van der Waals surface area (Å²) in [6.07, 6.45) is 1.29. The van der Waals surface area contributed by atoms with Crippen molar-refractivity contribution in [3.05, 3.63) is 35.6 Å². The van der Waals surface area contributed by atoms with Crippen molar-refractivity contribution in [1.82, 2.24) is 0 Å². The number of carbonyl (C=O) groups is 2. The molecule has 1 rings (SSSR count). The van der Waals surface area contributed by atoms with Gasteiger partial charge < -0.3 is 10.5 Å². The molecule has 0 spiro atoms. The van der Waals surface area contributed by atoms with E-state index in [4.69, 9.17) is 10.5 Å². The number of primary amides is 1. The Morgan fingerprint density at radius 2 is 2.00 bits per heavy atom. The molecule has 0 aromatic heterocycles. The van der Waals surface area contributed by atoms with Crippen LogP contribution in [0, 0.1) is 5.82 Å². The standard InChI is InChI=1S/C12H14FNO3S/c1-18-7-6-10(11(14)15)17-12(16)8-2-4-9(13)5-3-8/h2-5,10H,6-7H2,1H3,(H2,14,15). The summed E-state index contributed by atoms with van der Waals surface area (Å²) < 4.78 is 17.7. The zero-order chi connectivity index (χ0) is 13.5. The van der Waals surface area contributed by atoms with Crippen molar-refractivity contribution in [2.24, 2.45) is 5.73 Å². The molecule has 0 aliphatic carbocycles. The number of ether oxygens (including phenoxy) is 1. The predicted molar refractivity (Wildman–Crippen MR) is 67.8 cm³/mol. The average molecular weight is 271 g/mol. The Bertz CT molecular complexity index is 422. The summed E-state index contributed by atoms with van der Waals surface area (Å²) in [5.41, 5.74) is 5.33. The fraction of sp³-hybridized carbons (Fsp3) is 0.333. The second-order valence-electron chi connectivity index (χ2n) is 3.58. The minimum atomic E-state index is -0.949. The van der Waals surface area contributed by atoms with E-state index in [1.165, 1.54) is 23.9 Å². The summed E-state index contributed by atoms with van der Waals surface area (Å²) in [5.74, 6) is -1.15. The van der Waals surface area contributed by atoms with Crippen LogP contribution in [0.3, 0.4) is 0 Å². The van der Waals surface area contributed by atoms with Gasteiger partial charge in [-0.25, -0.2) is 9.18 Å². The number of amides is 1. The molecule has 0 heterocycles. The SMILES string of the molecule is CSCCC(OC(=O)c1ccc(F)cc1)C(N)=O. The van der Waals surface area contributed by atoms with E-state index < -0.39 is 23.8 Å². The van der Waals surface area contributed by atoms with E-state index in [1.807, 2.05) is 6.26 Å². The number of hydrogen-bond acceptors (Lipinski definition) is 4. The third-order valence-electron chi connectivity index (χ3n) is 2.23. The van der Waals surface area contributed by atoms with Gasteiger partial charge in [-0.3, -0.25) is 4.79 Å². The Kier molecular flexibility index (Phi) is 5.64. The van der Waals surface area contributed by atoms with E-state index >= 15 is 0 Å². The molecular weight excluding hydrogens is 257 g/mol. The number of esters is 1. The number of thioether (sulfide) groups is 1. The zero-order valence-corrected chi connectivity index (χ0v) is 10.7. The molecule has 2 N–H and O–H groups in total. The number of halogens is 1. The van der Waals surface area contributed by atoms with Crippen LogP contribution in [0.5, 0.6) is 0 Å². The third kappa shape index (κ3) is 4.37. The van der Waals surface area contributed by atoms with Gasteiger partial charge in [-0.05, 0) is 36.3 Å². The summed E-state index contributed by atoms with van der Waals surface area (Å²) in [7, 11) is 0. The van der Waals surface area contributed by atoms with Gasteiger partial charge in [0, 0.05) is 6.42 Å². The molecule has 0 aliphatic rings. The molecule has 1 aromatic rings. The highest BCUT2D eigenvalue weighted by Crippen LogP contribution is 2.09. The maximum atomic E-state index is 12.7. The van der Waals surface area contributed by atoms with Gasteiger partial charge in [0.15, 0.2) is 6.10 Å². The van der Waals surface area contributed by atoms with Gasteiger partial charge >= 0.3 is 5.97 Å². The molecule has 1 atom stereocenters. The highest BCUT2D eigenvalue weighted by Gasteiger charge is 2.20. The lowest BCUT2D eigenvalue weighted by molar-refractivity contribution is -0.126. The normalized spacial score (nSPS) is 11.9. The molecule has 0 saturated heterocycles. The lowest BCUT2D eigenvalue weighted by Gasteiger charge is -2.14. The van der Waals surface area contributed by atoms with Gasteiger partial charge in [0.1, 0.15) is 5.82 Å². The van der Waals surface area contributed by atoms with E-state index in [9.17, 15) is 14.0 Å². The Morgan fingerprint density at radius 3 is 2.50 bits per heavy atom. The summed E-state index contributed by atoms with van der Waals surface area (Å²) in [5, 5.41) is 0. The summed E-state index contributed by atoms with van der Waals surface area (Å²) in [6.45, 7) is 0. The Labute approximate surface area is 109 Å². The second kappa shape index (κ2) is 7.00. The van der Waals surface area contributed by atoms with Crippen LogP contribution in [-0.4, -0.2) is 30.0 Å². The molecule has 1 amide bonds. The number of carbonyl (C=O) groups excluding carboxylic acids is 2. The van der Waals surface area contributed by atoms with Crippen LogP contribution in [-0.2, 0) is 9.53 Å². The average Bonchev–Trinajstić information content (AvgIpc) is 2.34. The monoisotopic (exact) mass is 271 g/mol. The molecule has 98 valence electrons. The topological polar surface area (TPSA) is 69.4 Å². The van der Waals surface area contributed by atoms with Crippen molar-refractivity contribution < 1.29 is 18.7 Å². The van der Waals surface area contributed by atoms with Crippen molar-refractivity contribution in [2.45, 2.75) is 12.5 Å². The minimum absolute atomic E-state index is 0.187. The summed E-state index contributed by atoms with van der Waals surface area (Å²) >= 11 is 1.52. The van der Waals surface area contributed by atoms with Gasteiger partial charge in [0.25, 0.3) is 5.91 Å². The lowest BCUT2D eigenvalue weighted by Crippen LogP contribution is -2.33. The molecule has 0 bridgehead atoms. The largest absolute Gasteiger partial charge is 0.449 e. The van der Waals surface area contributed by atoms with Crippen LogP contribution in [0.4, 0.5) is 4.39 Å². The smallest absolute Gasteiger partial charge is 0.338 e. The number of nitrogens with two attached hydrogens (primary N) is 1. The van der Waals surface area contributed by atoms with Crippen LogP contribution >= 0.6 is 11.8 Å². The molecule has 6 heteroatoms. The predicted octanol–water partition coefficient (Wildman–Crippen LogP) is 1.59. The van der Waals surface area contributed by atoms with E-state index in [1.54, 1.807) is 0 Å². The summed E-state index contributed by atoms with van der Waals surface area (Å²) in [6, 6.07) is 4.89. The van der Waals surface area contributed by atoms with Gasteiger partial charge in [-0.15, -0.1) is 0 Å². The number of benzene rings is 1. The van der Waals surface area contributed by atoms with Crippen molar-refractivity contribution >= 4 is 23.6 Å². The maximum absolute atomic E-state index is 12.7. The first kappa shape index (κ1) is 14.5. The van der Waals surface area contributed by atoms with Crippen LogP contribution in [0.25, 0.3) is 0 Å². The third-order valence-corrected chi connectivity index (χ3v) is 2.87. The van der Waals surface area contributed by atoms with Crippen molar-refractivity contribution in [3.63, 3.8) is 0 Å². The first-order valence-electron chi connectivity index (χ1n) is 5.29. The van der Waals surface area contributed by atoms with Crippen molar-refractivity contribution in [1.29, 1.82) is 0 Å². The van der Waals surface area contributed by atoms with Crippen molar-refractivity contribution in [2.75, 3.05) is 12.0 Å². The van der Waals surface area contributed by atoms with E-state index in [2.05, 4.69) is 0 Å². The van der Waals surface area contributed by atoms with Gasteiger partial charge in [-0.1, -0.05) is 0 Å². The quantitative estimate of drug-likeness (QED) is 0.798. The van der Waals surface area contributed by atoms with Crippen LogP contribution < -0.4 is 5.73 Å². The molecule has 0 radical (unpaired) electrons. The van der Waals surface area contributed by atoms with Crippen molar-refractivity contribution in [3.8, 4) is 0 Å². The highest BCUT2D eigenvalue weighted by atomic mass is 32.2. The molecule has 0 aliphatic heterocycles. The number of rotatable bonds is 6. The maximum Gasteiger partial charge on any atom is 0.338 e. The minimum Gasteiger partial charge on any atom is -0.449 e. The Hall–Kier alpha value is -1.56. The molecule has 18 heavy (non-hydrogen) atoms. The van der Waals surface area contributed by atoms with E-state index in [-0.39, 0.29) is 5.56 Å². The first-order valence-corrected chi connectivity index (χ1v) is 6.68. The second-order valence-corrected chi connectivity index (χ2v) is 4.57. The van der Waals surface area contributed by atoms with Gasteiger partial charge in [0.05, 0.1) is 5.56 Å². The fourth-order valence-electron chi connectivity index (χ4n) is 1.27. The fourth-order valence-corrected chi connectivity index (χ4v) is 1.72. The Balaban J connectivity index is 2.66. The molecule has 1 aromatic carbocycles. The molecular formula is C12H14FNO3S. The molecule has 4 nitrogen and oxygen atoms in total. The van der Waals surface area contributed by atoms with E-state index in [0.717, 1.165) is 12.1 Å².